The van der Waals surface area contributed by atoms with Gasteiger partial charge in [0.15, 0.2) is 0 Å². The van der Waals surface area contributed by atoms with Gasteiger partial charge in [0.25, 0.3) is 0 Å². The summed E-state index contributed by atoms with van der Waals surface area (Å²) in [5.41, 5.74) is 1.74. The zero-order valence-corrected chi connectivity index (χ0v) is 11.7. The lowest BCUT2D eigenvalue weighted by Gasteiger charge is -2.17. The fraction of sp³-hybridized carbons (Fsp3) is 0.500. The van der Waals surface area contributed by atoms with Crippen molar-refractivity contribution in [1.82, 2.24) is 0 Å². The molecule has 2 aliphatic rings. The van der Waals surface area contributed by atoms with Crippen LogP contribution in [-0.2, 0) is 4.79 Å². The van der Waals surface area contributed by atoms with E-state index < -0.39 is 0 Å². The number of amides is 1. The molecule has 1 aliphatic carbocycles. The summed E-state index contributed by atoms with van der Waals surface area (Å²) in [6, 6.07) is 3.57. The molecule has 0 aromatic heterocycles. The molecule has 1 heterocycles. The molecule has 18 heavy (non-hydrogen) atoms. The lowest BCUT2D eigenvalue weighted by Crippen LogP contribution is -2.19. The molecule has 0 saturated heterocycles. The van der Waals surface area contributed by atoms with E-state index in [9.17, 15) is 4.79 Å². The van der Waals surface area contributed by atoms with Crippen LogP contribution in [0.25, 0.3) is 0 Å². The van der Waals surface area contributed by atoms with Crippen molar-refractivity contribution in [2.45, 2.75) is 32.1 Å². The van der Waals surface area contributed by atoms with Crippen molar-refractivity contribution in [1.29, 1.82) is 0 Å². The van der Waals surface area contributed by atoms with E-state index >= 15 is 0 Å². The van der Waals surface area contributed by atoms with Crippen molar-refractivity contribution >= 4 is 34.8 Å². The van der Waals surface area contributed by atoms with Gasteiger partial charge in [-0.1, -0.05) is 36.5 Å². The Bertz CT molecular complexity index is 515. The second-order valence-corrected chi connectivity index (χ2v) is 6.34. The predicted octanol–water partition coefficient (Wildman–Crippen LogP) is 4.47. The lowest BCUT2D eigenvalue weighted by atomic mass is 9.85. The maximum absolute atomic E-state index is 12.2. The van der Waals surface area contributed by atoms with Crippen LogP contribution in [0.15, 0.2) is 12.1 Å². The van der Waals surface area contributed by atoms with Crippen LogP contribution in [0.4, 0.5) is 5.69 Å². The minimum Gasteiger partial charge on any atom is -0.324 e. The lowest BCUT2D eigenvalue weighted by molar-refractivity contribution is -0.118. The summed E-state index contributed by atoms with van der Waals surface area (Å²) in [6.07, 6.45) is 3.43. The summed E-state index contributed by atoms with van der Waals surface area (Å²) >= 11 is 12.2. The van der Waals surface area contributed by atoms with Gasteiger partial charge < -0.3 is 5.32 Å². The predicted molar refractivity (Wildman–Crippen MR) is 74.3 cm³/mol. The molecule has 3 rings (SSSR count). The molecule has 1 saturated carbocycles. The van der Waals surface area contributed by atoms with Crippen LogP contribution < -0.4 is 5.32 Å². The van der Waals surface area contributed by atoms with E-state index in [0.717, 1.165) is 24.1 Å². The number of carbonyl (C=O) groups is 1. The summed E-state index contributed by atoms with van der Waals surface area (Å²) in [4.78, 5) is 12.2. The van der Waals surface area contributed by atoms with Crippen molar-refractivity contribution < 1.29 is 4.79 Å². The average molecular weight is 284 g/mol. The van der Waals surface area contributed by atoms with Gasteiger partial charge in [0.1, 0.15) is 0 Å². The van der Waals surface area contributed by atoms with Gasteiger partial charge in [0.2, 0.25) is 5.91 Å². The van der Waals surface area contributed by atoms with E-state index in [1.54, 1.807) is 6.07 Å². The molecular weight excluding hydrogens is 269 g/mol. The Hall–Kier alpha value is -0.730. The van der Waals surface area contributed by atoms with Crippen molar-refractivity contribution in [3.8, 4) is 0 Å². The van der Waals surface area contributed by atoms with E-state index in [-0.39, 0.29) is 11.8 Å². The third kappa shape index (κ3) is 1.92. The van der Waals surface area contributed by atoms with Gasteiger partial charge >= 0.3 is 0 Å². The van der Waals surface area contributed by atoms with Crippen molar-refractivity contribution in [3.63, 3.8) is 0 Å². The SMILES string of the molecule is CC1CCC(C2C(=O)Nc3c(Cl)cc(Cl)cc32)C1. The number of carbonyl (C=O) groups excluding carboxylic acids is 1. The molecule has 1 fully saturated rings. The number of fused-ring (bicyclic) bond motifs is 1. The van der Waals surface area contributed by atoms with E-state index in [1.165, 1.54) is 6.42 Å². The van der Waals surface area contributed by atoms with Gasteiger partial charge in [0, 0.05) is 5.02 Å². The highest BCUT2D eigenvalue weighted by molar-refractivity contribution is 6.37. The van der Waals surface area contributed by atoms with Gasteiger partial charge in [-0.05, 0) is 42.4 Å². The molecule has 1 aromatic carbocycles. The minimum absolute atomic E-state index is 0.0684. The quantitative estimate of drug-likeness (QED) is 0.810. The Labute approximate surface area is 117 Å². The highest BCUT2D eigenvalue weighted by Crippen LogP contribution is 2.48. The molecule has 0 radical (unpaired) electrons. The molecule has 0 spiro atoms. The zero-order valence-electron chi connectivity index (χ0n) is 10.2. The maximum Gasteiger partial charge on any atom is 0.232 e. The third-order valence-corrected chi connectivity index (χ3v) is 4.67. The minimum atomic E-state index is -0.0684. The zero-order chi connectivity index (χ0) is 12.9. The summed E-state index contributed by atoms with van der Waals surface area (Å²) in [5, 5.41) is 4.05. The van der Waals surface area contributed by atoms with Crippen LogP contribution >= 0.6 is 23.2 Å². The van der Waals surface area contributed by atoms with Gasteiger partial charge in [-0.3, -0.25) is 4.79 Å². The number of hydrogen-bond acceptors (Lipinski definition) is 1. The largest absolute Gasteiger partial charge is 0.324 e. The number of rotatable bonds is 1. The summed E-state index contributed by atoms with van der Waals surface area (Å²) in [7, 11) is 0. The maximum atomic E-state index is 12.2. The van der Waals surface area contributed by atoms with Crippen LogP contribution in [0, 0.1) is 11.8 Å². The summed E-state index contributed by atoms with van der Waals surface area (Å²) in [5.74, 6) is 1.15. The smallest absolute Gasteiger partial charge is 0.232 e. The molecule has 0 bridgehead atoms. The number of hydrogen-bond donors (Lipinski definition) is 1. The molecule has 1 N–H and O–H groups in total. The van der Waals surface area contributed by atoms with Crippen molar-refractivity contribution in [2.75, 3.05) is 5.32 Å². The van der Waals surface area contributed by atoms with Gasteiger partial charge in [-0.2, -0.15) is 0 Å². The molecule has 1 aliphatic heterocycles. The highest BCUT2D eigenvalue weighted by Gasteiger charge is 2.40. The Morgan fingerprint density at radius 3 is 2.72 bits per heavy atom. The van der Waals surface area contributed by atoms with Crippen LogP contribution in [0.2, 0.25) is 10.0 Å². The first-order valence-electron chi connectivity index (χ1n) is 6.36. The summed E-state index contributed by atoms with van der Waals surface area (Å²) in [6.45, 7) is 2.25. The van der Waals surface area contributed by atoms with Gasteiger partial charge in [-0.15, -0.1) is 0 Å². The molecule has 3 unspecified atom stereocenters. The molecule has 1 aromatic rings. The molecular formula is C14H15Cl2NO. The second kappa shape index (κ2) is 4.43. The van der Waals surface area contributed by atoms with Crippen LogP contribution in [0.1, 0.15) is 37.7 Å². The first kappa shape index (κ1) is 12.3. The Morgan fingerprint density at radius 2 is 2.06 bits per heavy atom. The molecule has 96 valence electrons. The average Bonchev–Trinajstić information content (AvgIpc) is 2.82. The third-order valence-electron chi connectivity index (χ3n) is 4.16. The topological polar surface area (TPSA) is 29.1 Å². The molecule has 2 nitrogen and oxygen atoms in total. The monoisotopic (exact) mass is 283 g/mol. The number of anilines is 1. The fourth-order valence-corrected chi connectivity index (χ4v) is 3.89. The first-order valence-corrected chi connectivity index (χ1v) is 7.11. The van der Waals surface area contributed by atoms with Crippen LogP contribution in [0.5, 0.6) is 0 Å². The Kier molecular flexibility index (Phi) is 3.03. The van der Waals surface area contributed by atoms with E-state index in [4.69, 9.17) is 23.2 Å². The van der Waals surface area contributed by atoms with Gasteiger partial charge in [0.05, 0.1) is 16.6 Å². The Balaban J connectivity index is 2.01. The Morgan fingerprint density at radius 1 is 1.28 bits per heavy atom. The van der Waals surface area contributed by atoms with Crippen LogP contribution in [-0.4, -0.2) is 5.91 Å². The standard InChI is InChI=1S/C14H15Cl2NO/c1-7-2-3-8(4-7)12-10-5-9(15)6-11(16)13(10)17-14(12)18/h5-8,12H,2-4H2,1H3,(H,17,18). The van der Waals surface area contributed by atoms with Crippen molar-refractivity contribution in [3.05, 3.63) is 27.7 Å². The number of nitrogens with one attached hydrogen (secondary N) is 1. The normalized spacial score (nSPS) is 30.4. The molecule has 4 heteroatoms. The number of benzene rings is 1. The molecule has 1 amide bonds. The highest BCUT2D eigenvalue weighted by atomic mass is 35.5. The van der Waals surface area contributed by atoms with E-state index in [2.05, 4.69) is 12.2 Å². The van der Waals surface area contributed by atoms with Gasteiger partial charge in [-0.25, -0.2) is 0 Å². The first-order chi connectivity index (χ1) is 8.56. The van der Waals surface area contributed by atoms with Crippen LogP contribution in [0.3, 0.4) is 0 Å². The van der Waals surface area contributed by atoms with E-state index in [1.807, 2.05) is 6.07 Å². The second-order valence-electron chi connectivity index (χ2n) is 5.50. The number of halogens is 2. The molecule has 3 atom stereocenters. The van der Waals surface area contributed by atoms with E-state index in [0.29, 0.717) is 21.9 Å². The fourth-order valence-electron chi connectivity index (χ4n) is 3.33. The summed E-state index contributed by atoms with van der Waals surface area (Å²) < 4.78 is 0. The van der Waals surface area contributed by atoms with Crippen molar-refractivity contribution in [2.24, 2.45) is 11.8 Å².